The largest absolute Gasteiger partial charge is 0.490 e. The predicted octanol–water partition coefficient (Wildman–Crippen LogP) is 1.98. The first kappa shape index (κ1) is 16.3. The van der Waals surface area contributed by atoms with E-state index in [0.29, 0.717) is 24.7 Å². The van der Waals surface area contributed by atoms with Crippen LogP contribution in [-0.4, -0.2) is 39.8 Å². The minimum Gasteiger partial charge on any atom is -0.490 e. The third kappa shape index (κ3) is 3.84. The van der Waals surface area contributed by atoms with E-state index in [0.717, 1.165) is 18.5 Å². The number of rotatable bonds is 4. The minimum atomic E-state index is -0.313. The topological polar surface area (TPSA) is 73.4 Å². The lowest BCUT2D eigenvalue weighted by Gasteiger charge is -2.32. The van der Waals surface area contributed by atoms with Gasteiger partial charge in [-0.1, -0.05) is 6.07 Å². The van der Waals surface area contributed by atoms with Crippen molar-refractivity contribution in [1.29, 1.82) is 0 Å². The third-order valence-electron chi connectivity index (χ3n) is 4.11. The highest BCUT2D eigenvalue weighted by Gasteiger charge is 2.24. The molecule has 1 aliphatic heterocycles. The molecule has 1 amide bonds. The quantitative estimate of drug-likeness (QED) is 0.929. The molecule has 1 aromatic carbocycles. The number of nitrogen functional groups attached to an aromatic ring is 1. The lowest BCUT2D eigenvalue weighted by Crippen LogP contribution is -2.43. The average Bonchev–Trinajstić information content (AvgIpc) is 2.85. The molecule has 1 aromatic heterocycles. The summed E-state index contributed by atoms with van der Waals surface area (Å²) in [6, 6.07) is 7.87. The van der Waals surface area contributed by atoms with Crippen LogP contribution in [-0.2, 0) is 11.3 Å². The van der Waals surface area contributed by atoms with Gasteiger partial charge in [-0.2, -0.15) is 5.10 Å². The molecule has 7 heteroatoms. The Morgan fingerprint density at radius 2 is 2.12 bits per heavy atom. The molecule has 2 heterocycles. The van der Waals surface area contributed by atoms with Crippen LogP contribution in [0, 0.1) is 12.7 Å². The molecular formula is C17H21FN4O2. The molecule has 0 radical (unpaired) electrons. The van der Waals surface area contributed by atoms with E-state index in [9.17, 15) is 9.18 Å². The molecule has 128 valence electrons. The molecule has 2 N–H and O–H groups in total. The number of halogens is 1. The van der Waals surface area contributed by atoms with Crippen LogP contribution in [0.15, 0.2) is 30.3 Å². The molecule has 0 bridgehead atoms. The second-order valence-corrected chi connectivity index (χ2v) is 6.02. The maximum atomic E-state index is 13.2. The number of ether oxygens (including phenoxy) is 1. The summed E-state index contributed by atoms with van der Waals surface area (Å²) in [4.78, 5) is 14.2. The van der Waals surface area contributed by atoms with Gasteiger partial charge in [0.2, 0.25) is 5.91 Å². The number of hydrogen-bond donors (Lipinski definition) is 1. The van der Waals surface area contributed by atoms with Crippen LogP contribution >= 0.6 is 0 Å². The summed E-state index contributed by atoms with van der Waals surface area (Å²) in [7, 11) is 0. The van der Waals surface area contributed by atoms with Gasteiger partial charge in [-0.25, -0.2) is 9.07 Å². The highest BCUT2D eigenvalue weighted by molar-refractivity contribution is 5.76. The molecule has 1 aliphatic rings. The monoisotopic (exact) mass is 332 g/mol. The van der Waals surface area contributed by atoms with Gasteiger partial charge in [0.1, 0.15) is 30.0 Å². The van der Waals surface area contributed by atoms with Crippen molar-refractivity contribution >= 4 is 11.7 Å². The van der Waals surface area contributed by atoms with Crippen LogP contribution in [0.1, 0.15) is 18.5 Å². The van der Waals surface area contributed by atoms with Crippen LogP contribution in [0.2, 0.25) is 0 Å². The lowest BCUT2D eigenvalue weighted by molar-refractivity contribution is -0.133. The second kappa shape index (κ2) is 6.90. The van der Waals surface area contributed by atoms with Gasteiger partial charge in [-0.05, 0) is 19.1 Å². The van der Waals surface area contributed by atoms with Gasteiger partial charge in [-0.15, -0.1) is 0 Å². The van der Waals surface area contributed by atoms with E-state index in [1.807, 2.05) is 6.92 Å². The van der Waals surface area contributed by atoms with Crippen molar-refractivity contribution in [2.75, 3.05) is 18.8 Å². The summed E-state index contributed by atoms with van der Waals surface area (Å²) in [6.07, 6.45) is 1.43. The summed E-state index contributed by atoms with van der Waals surface area (Å²) in [6.45, 7) is 3.21. The smallest absolute Gasteiger partial charge is 0.244 e. The van der Waals surface area contributed by atoms with Crippen molar-refractivity contribution in [1.82, 2.24) is 14.7 Å². The molecular weight excluding hydrogens is 311 g/mol. The average molecular weight is 332 g/mol. The van der Waals surface area contributed by atoms with Gasteiger partial charge in [0.25, 0.3) is 0 Å². The van der Waals surface area contributed by atoms with E-state index in [1.54, 1.807) is 23.1 Å². The van der Waals surface area contributed by atoms with Crippen molar-refractivity contribution in [3.05, 3.63) is 41.8 Å². The summed E-state index contributed by atoms with van der Waals surface area (Å²) in [5, 5.41) is 4.21. The van der Waals surface area contributed by atoms with Crippen molar-refractivity contribution in [3.63, 3.8) is 0 Å². The summed E-state index contributed by atoms with van der Waals surface area (Å²) < 4.78 is 20.5. The number of carbonyl (C=O) groups is 1. The Hall–Kier alpha value is -2.57. The number of amides is 1. The fourth-order valence-electron chi connectivity index (χ4n) is 2.88. The van der Waals surface area contributed by atoms with Crippen LogP contribution < -0.4 is 10.5 Å². The van der Waals surface area contributed by atoms with Crippen LogP contribution in [0.5, 0.6) is 5.75 Å². The number of nitrogens with zero attached hydrogens (tertiary/aromatic N) is 3. The minimum absolute atomic E-state index is 0.00555. The van der Waals surface area contributed by atoms with Gasteiger partial charge in [0.15, 0.2) is 0 Å². The normalized spacial score (nSPS) is 15.5. The SMILES string of the molecule is Cc1cc(N)n(CC(=O)N2CCC(Oc3cccc(F)c3)CC2)n1. The Morgan fingerprint density at radius 3 is 2.75 bits per heavy atom. The Labute approximate surface area is 140 Å². The molecule has 0 unspecified atom stereocenters. The third-order valence-corrected chi connectivity index (χ3v) is 4.11. The Bertz CT molecular complexity index is 723. The maximum absolute atomic E-state index is 13.2. The number of piperidine rings is 1. The van der Waals surface area contributed by atoms with E-state index in [-0.39, 0.29) is 24.4 Å². The van der Waals surface area contributed by atoms with Crippen molar-refractivity contribution in [2.45, 2.75) is 32.4 Å². The molecule has 6 nitrogen and oxygen atoms in total. The molecule has 1 saturated heterocycles. The van der Waals surface area contributed by atoms with Crippen LogP contribution in [0.4, 0.5) is 10.2 Å². The molecule has 0 spiro atoms. The number of aromatic nitrogens is 2. The molecule has 2 aromatic rings. The molecule has 0 aliphatic carbocycles. The van der Waals surface area contributed by atoms with Gasteiger partial charge < -0.3 is 15.4 Å². The van der Waals surface area contributed by atoms with Gasteiger partial charge >= 0.3 is 0 Å². The second-order valence-electron chi connectivity index (χ2n) is 6.02. The summed E-state index contributed by atoms with van der Waals surface area (Å²) in [5.74, 6) is 0.700. The zero-order chi connectivity index (χ0) is 17.1. The van der Waals surface area contributed by atoms with E-state index in [1.165, 1.54) is 16.8 Å². The Balaban J connectivity index is 1.51. The molecule has 1 fully saturated rings. The number of carbonyl (C=O) groups excluding carboxylic acids is 1. The van der Waals surface area contributed by atoms with E-state index in [4.69, 9.17) is 10.5 Å². The molecule has 0 atom stereocenters. The van der Waals surface area contributed by atoms with Crippen molar-refractivity contribution in [2.24, 2.45) is 0 Å². The lowest BCUT2D eigenvalue weighted by atomic mass is 10.1. The molecule has 0 saturated carbocycles. The van der Waals surface area contributed by atoms with Crippen LogP contribution in [0.25, 0.3) is 0 Å². The number of hydrogen-bond acceptors (Lipinski definition) is 4. The number of likely N-dealkylation sites (tertiary alicyclic amines) is 1. The van der Waals surface area contributed by atoms with Crippen molar-refractivity contribution in [3.8, 4) is 5.75 Å². The van der Waals surface area contributed by atoms with E-state index in [2.05, 4.69) is 5.10 Å². The summed E-state index contributed by atoms with van der Waals surface area (Å²) in [5.41, 5.74) is 6.61. The highest BCUT2D eigenvalue weighted by atomic mass is 19.1. The summed E-state index contributed by atoms with van der Waals surface area (Å²) >= 11 is 0. The molecule has 24 heavy (non-hydrogen) atoms. The molecule has 3 rings (SSSR count). The maximum Gasteiger partial charge on any atom is 0.244 e. The van der Waals surface area contributed by atoms with E-state index < -0.39 is 0 Å². The fourth-order valence-corrected chi connectivity index (χ4v) is 2.88. The Morgan fingerprint density at radius 1 is 1.38 bits per heavy atom. The fraction of sp³-hybridized carbons (Fsp3) is 0.412. The standard InChI is InChI=1S/C17H21FN4O2/c1-12-9-16(19)22(20-12)11-17(23)21-7-5-14(6-8-21)24-15-4-2-3-13(18)10-15/h2-4,9-10,14H,5-8,11,19H2,1H3. The number of anilines is 1. The van der Waals surface area contributed by atoms with Gasteiger partial charge in [-0.3, -0.25) is 4.79 Å². The number of benzene rings is 1. The predicted molar refractivity (Wildman–Crippen MR) is 88.0 cm³/mol. The van der Waals surface area contributed by atoms with Crippen molar-refractivity contribution < 1.29 is 13.9 Å². The zero-order valence-corrected chi connectivity index (χ0v) is 13.6. The first-order chi connectivity index (χ1) is 11.5. The van der Waals surface area contributed by atoms with Crippen LogP contribution in [0.3, 0.4) is 0 Å². The number of aryl methyl sites for hydroxylation is 1. The highest BCUT2D eigenvalue weighted by Crippen LogP contribution is 2.20. The first-order valence-electron chi connectivity index (χ1n) is 8.01. The zero-order valence-electron chi connectivity index (χ0n) is 13.6. The Kier molecular flexibility index (Phi) is 4.69. The number of nitrogens with two attached hydrogens (primary N) is 1. The van der Waals surface area contributed by atoms with E-state index >= 15 is 0 Å². The first-order valence-corrected chi connectivity index (χ1v) is 8.01. The van der Waals surface area contributed by atoms with Gasteiger partial charge in [0, 0.05) is 38.1 Å². The van der Waals surface area contributed by atoms with Gasteiger partial charge in [0.05, 0.1) is 5.69 Å².